The van der Waals surface area contributed by atoms with Crippen molar-refractivity contribution in [1.29, 1.82) is 0 Å². The van der Waals surface area contributed by atoms with Gasteiger partial charge < -0.3 is 4.90 Å². The summed E-state index contributed by atoms with van der Waals surface area (Å²) in [6.45, 7) is 3.09. The molecule has 1 aromatic carbocycles. The van der Waals surface area contributed by atoms with Crippen molar-refractivity contribution in [2.45, 2.75) is 19.8 Å². The molecule has 5 nitrogen and oxygen atoms in total. The molecule has 1 aliphatic heterocycles. The van der Waals surface area contributed by atoms with Crippen molar-refractivity contribution in [2.75, 3.05) is 13.1 Å². The van der Waals surface area contributed by atoms with Gasteiger partial charge in [0.1, 0.15) is 4.83 Å². The molecule has 0 radical (unpaired) electrons. The van der Waals surface area contributed by atoms with E-state index in [0.717, 1.165) is 20.8 Å². The van der Waals surface area contributed by atoms with E-state index < -0.39 is 0 Å². The summed E-state index contributed by atoms with van der Waals surface area (Å²) in [4.78, 5) is 29.2. The van der Waals surface area contributed by atoms with Crippen molar-refractivity contribution >= 4 is 56.4 Å². The van der Waals surface area contributed by atoms with Crippen LogP contribution in [0, 0.1) is 12.8 Å². The number of aryl methyl sites for hydroxylation is 2. The van der Waals surface area contributed by atoms with Gasteiger partial charge in [-0.15, -0.1) is 11.3 Å². The Bertz CT molecular complexity index is 1050. The molecule has 1 saturated heterocycles. The van der Waals surface area contributed by atoms with Crippen LogP contribution in [0.2, 0.25) is 10.0 Å². The van der Waals surface area contributed by atoms with Crippen molar-refractivity contribution in [3.8, 4) is 0 Å². The number of piperidine rings is 1. The standard InChI is InChI=1S/C20H19Cl2N3O2S/c1-11-14-10-17(28-20(14)24(2)23-11)19(27)25-7-5-12(6-8-25)18(26)13-3-4-15(21)16(22)9-13/h3-4,9-10,12H,5-8H2,1-2H3. The molecule has 0 N–H and O–H groups in total. The molecule has 2 aromatic heterocycles. The van der Waals surface area contributed by atoms with Gasteiger partial charge in [-0.1, -0.05) is 23.2 Å². The highest BCUT2D eigenvalue weighted by atomic mass is 35.5. The summed E-state index contributed by atoms with van der Waals surface area (Å²) >= 11 is 13.4. The van der Waals surface area contributed by atoms with Crippen LogP contribution in [0.1, 0.15) is 38.6 Å². The Balaban J connectivity index is 1.44. The molecule has 146 valence electrons. The molecule has 1 aliphatic rings. The van der Waals surface area contributed by atoms with E-state index in [4.69, 9.17) is 23.2 Å². The van der Waals surface area contributed by atoms with Gasteiger partial charge in [-0.05, 0) is 44.0 Å². The highest BCUT2D eigenvalue weighted by Gasteiger charge is 2.29. The molecular formula is C20H19Cl2N3O2S. The molecule has 4 rings (SSSR count). The van der Waals surface area contributed by atoms with Crippen molar-refractivity contribution in [3.05, 3.63) is 50.4 Å². The van der Waals surface area contributed by atoms with Gasteiger partial charge in [-0.2, -0.15) is 5.10 Å². The quantitative estimate of drug-likeness (QED) is 0.544. The van der Waals surface area contributed by atoms with Crippen LogP contribution < -0.4 is 0 Å². The predicted octanol–water partition coefficient (Wildman–Crippen LogP) is 4.99. The normalized spacial score (nSPS) is 15.4. The first-order chi connectivity index (χ1) is 13.3. The molecule has 8 heteroatoms. The number of amides is 1. The summed E-state index contributed by atoms with van der Waals surface area (Å²) in [6, 6.07) is 6.91. The Morgan fingerprint density at radius 1 is 1.14 bits per heavy atom. The molecule has 0 aliphatic carbocycles. The van der Waals surface area contributed by atoms with Crippen molar-refractivity contribution < 1.29 is 9.59 Å². The summed E-state index contributed by atoms with van der Waals surface area (Å²) in [5.74, 6) is -0.00888. The van der Waals surface area contributed by atoms with Gasteiger partial charge in [0.2, 0.25) is 0 Å². The third-order valence-electron chi connectivity index (χ3n) is 5.26. The van der Waals surface area contributed by atoms with Crippen LogP contribution in [-0.2, 0) is 7.05 Å². The molecule has 1 fully saturated rings. The van der Waals surface area contributed by atoms with E-state index in [1.165, 1.54) is 11.3 Å². The topological polar surface area (TPSA) is 55.2 Å². The zero-order chi connectivity index (χ0) is 20.0. The molecule has 0 unspecified atom stereocenters. The first-order valence-corrected chi connectivity index (χ1v) is 10.6. The van der Waals surface area contributed by atoms with Crippen molar-refractivity contribution in [2.24, 2.45) is 13.0 Å². The molecule has 28 heavy (non-hydrogen) atoms. The summed E-state index contributed by atoms with van der Waals surface area (Å²) in [6.07, 6.45) is 1.30. The second-order valence-electron chi connectivity index (χ2n) is 7.10. The number of likely N-dealkylation sites (tertiary alicyclic amines) is 1. The average molecular weight is 436 g/mol. The lowest BCUT2D eigenvalue weighted by atomic mass is 9.89. The van der Waals surface area contributed by atoms with Crippen LogP contribution in [0.3, 0.4) is 0 Å². The molecule has 0 spiro atoms. The minimum absolute atomic E-state index is 0.0287. The van der Waals surface area contributed by atoms with E-state index in [1.54, 1.807) is 18.2 Å². The molecule has 0 atom stereocenters. The fourth-order valence-corrected chi connectivity index (χ4v) is 5.09. The Morgan fingerprint density at radius 2 is 1.86 bits per heavy atom. The van der Waals surface area contributed by atoms with Crippen molar-refractivity contribution in [1.82, 2.24) is 14.7 Å². The van der Waals surface area contributed by atoms with Gasteiger partial charge in [0.05, 0.1) is 20.6 Å². The van der Waals surface area contributed by atoms with Crippen molar-refractivity contribution in [3.63, 3.8) is 0 Å². The van der Waals surface area contributed by atoms with E-state index in [0.29, 0.717) is 41.5 Å². The number of aromatic nitrogens is 2. The first kappa shape index (κ1) is 19.4. The van der Waals surface area contributed by atoms with E-state index in [-0.39, 0.29) is 17.6 Å². The molecule has 1 amide bonds. The lowest BCUT2D eigenvalue weighted by molar-refractivity contribution is 0.0654. The second-order valence-corrected chi connectivity index (χ2v) is 8.94. The minimum atomic E-state index is -0.102. The van der Waals surface area contributed by atoms with Gasteiger partial charge in [0, 0.05) is 37.0 Å². The zero-order valence-electron chi connectivity index (χ0n) is 15.5. The SMILES string of the molecule is Cc1nn(C)c2sc(C(=O)N3CCC(C(=O)c4ccc(Cl)c(Cl)c4)CC3)cc12. The monoisotopic (exact) mass is 435 g/mol. The number of hydrogen-bond donors (Lipinski definition) is 0. The van der Waals surface area contributed by atoms with Gasteiger partial charge in [0.15, 0.2) is 5.78 Å². The number of carbonyl (C=O) groups is 2. The maximum absolute atomic E-state index is 12.9. The molecule has 0 saturated carbocycles. The number of fused-ring (bicyclic) bond motifs is 1. The van der Waals surface area contributed by atoms with Crippen LogP contribution in [0.4, 0.5) is 0 Å². The lowest BCUT2D eigenvalue weighted by Crippen LogP contribution is -2.40. The third-order valence-corrected chi connectivity index (χ3v) is 7.19. The maximum Gasteiger partial charge on any atom is 0.264 e. The third kappa shape index (κ3) is 3.45. The Labute approximate surface area is 176 Å². The van der Waals surface area contributed by atoms with Crippen LogP contribution >= 0.6 is 34.5 Å². The largest absolute Gasteiger partial charge is 0.338 e. The Morgan fingerprint density at radius 3 is 2.50 bits per heavy atom. The maximum atomic E-state index is 12.9. The fourth-order valence-electron chi connectivity index (χ4n) is 3.70. The van der Waals surface area contributed by atoms with Crippen LogP contribution in [0.5, 0.6) is 0 Å². The number of ketones is 1. The molecular weight excluding hydrogens is 417 g/mol. The van der Waals surface area contributed by atoms with E-state index in [9.17, 15) is 9.59 Å². The van der Waals surface area contributed by atoms with E-state index in [1.807, 2.05) is 29.6 Å². The highest BCUT2D eigenvalue weighted by molar-refractivity contribution is 7.20. The summed E-state index contributed by atoms with van der Waals surface area (Å²) < 4.78 is 1.81. The summed E-state index contributed by atoms with van der Waals surface area (Å²) in [5, 5.41) is 6.23. The number of halogens is 2. The predicted molar refractivity (Wildman–Crippen MR) is 113 cm³/mol. The number of Topliss-reactive ketones (excluding diaryl/α,β-unsaturated/α-hetero) is 1. The average Bonchev–Trinajstić information content (AvgIpc) is 3.24. The number of benzene rings is 1. The number of thiophene rings is 1. The smallest absolute Gasteiger partial charge is 0.264 e. The van der Waals surface area contributed by atoms with Gasteiger partial charge in [-0.3, -0.25) is 14.3 Å². The Hall–Kier alpha value is -1.89. The molecule has 0 bridgehead atoms. The van der Waals surface area contributed by atoms with Crippen LogP contribution in [0.25, 0.3) is 10.2 Å². The first-order valence-electron chi connectivity index (χ1n) is 9.07. The number of hydrogen-bond acceptors (Lipinski definition) is 4. The minimum Gasteiger partial charge on any atom is -0.338 e. The molecule has 3 heterocycles. The molecule has 3 aromatic rings. The van der Waals surface area contributed by atoms with Crippen LogP contribution in [0.15, 0.2) is 24.3 Å². The summed E-state index contributed by atoms with van der Waals surface area (Å²) in [7, 11) is 1.89. The summed E-state index contributed by atoms with van der Waals surface area (Å²) in [5.41, 5.74) is 1.50. The Kier molecular flexibility index (Phi) is 5.21. The fraction of sp³-hybridized carbons (Fsp3) is 0.350. The highest BCUT2D eigenvalue weighted by Crippen LogP contribution is 2.31. The number of carbonyl (C=O) groups excluding carboxylic acids is 2. The van der Waals surface area contributed by atoms with Gasteiger partial charge in [0.25, 0.3) is 5.91 Å². The number of rotatable bonds is 3. The van der Waals surface area contributed by atoms with Gasteiger partial charge in [-0.25, -0.2) is 0 Å². The number of nitrogens with zero attached hydrogens (tertiary/aromatic N) is 3. The zero-order valence-corrected chi connectivity index (χ0v) is 17.9. The van der Waals surface area contributed by atoms with Gasteiger partial charge >= 0.3 is 0 Å². The second kappa shape index (κ2) is 7.50. The van der Waals surface area contributed by atoms with E-state index in [2.05, 4.69) is 5.10 Å². The van der Waals surface area contributed by atoms with Crippen LogP contribution in [-0.4, -0.2) is 39.5 Å². The van der Waals surface area contributed by atoms with E-state index >= 15 is 0 Å². The lowest BCUT2D eigenvalue weighted by Gasteiger charge is -2.31.